The standard InChI is InChI=1S/C11H20N2O2/c1-4-5-11(3)13-15-7-6-12-8-10(2)9-14/h10,12,14H,6-9H2,1-3H3/b13-11-/t10-/m0/s1. The van der Waals surface area contributed by atoms with Crippen LogP contribution < -0.4 is 5.32 Å². The van der Waals surface area contributed by atoms with Gasteiger partial charge in [0.2, 0.25) is 0 Å². The van der Waals surface area contributed by atoms with Crippen molar-refractivity contribution < 1.29 is 9.94 Å². The molecule has 4 heteroatoms. The van der Waals surface area contributed by atoms with Crippen molar-refractivity contribution in [3.8, 4) is 11.8 Å². The van der Waals surface area contributed by atoms with E-state index < -0.39 is 0 Å². The first-order valence-electron chi connectivity index (χ1n) is 5.11. The molecule has 0 unspecified atom stereocenters. The van der Waals surface area contributed by atoms with E-state index in [4.69, 9.17) is 9.94 Å². The van der Waals surface area contributed by atoms with Crippen LogP contribution in [-0.4, -0.2) is 37.1 Å². The van der Waals surface area contributed by atoms with Crippen molar-refractivity contribution >= 4 is 5.71 Å². The fraction of sp³-hybridized carbons (Fsp3) is 0.727. The van der Waals surface area contributed by atoms with Crippen molar-refractivity contribution in [2.24, 2.45) is 11.1 Å². The van der Waals surface area contributed by atoms with Crippen LogP contribution in [0, 0.1) is 17.8 Å². The molecule has 0 bridgehead atoms. The molecule has 0 aromatic rings. The fourth-order valence-electron chi connectivity index (χ4n) is 0.877. The van der Waals surface area contributed by atoms with Crippen LogP contribution in [0.15, 0.2) is 5.16 Å². The van der Waals surface area contributed by atoms with Gasteiger partial charge in [0.05, 0.1) is 0 Å². The quantitative estimate of drug-likeness (QED) is 0.281. The van der Waals surface area contributed by atoms with Gasteiger partial charge in [0, 0.05) is 19.7 Å². The summed E-state index contributed by atoms with van der Waals surface area (Å²) in [6.45, 7) is 7.78. The number of hydrogen-bond donors (Lipinski definition) is 2. The van der Waals surface area contributed by atoms with Crippen LogP contribution in [0.3, 0.4) is 0 Å². The molecule has 0 aromatic heterocycles. The first kappa shape index (κ1) is 13.9. The molecule has 0 heterocycles. The molecule has 0 aliphatic carbocycles. The third-order valence-corrected chi connectivity index (χ3v) is 1.68. The Hall–Kier alpha value is -1.05. The molecule has 4 nitrogen and oxygen atoms in total. The van der Waals surface area contributed by atoms with Crippen LogP contribution >= 0.6 is 0 Å². The Labute approximate surface area is 91.7 Å². The first-order valence-corrected chi connectivity index (χ1v) is 5.11. The number of aliphatic hydroxyl groups is 1. The van der Waals surface area contributed by atoms with E-state index in [-0.39, 0.29) is 12.5 Å². The topological polar surface area (TPSA) is 53.8 Å². The van der Waals surface area contributed by atoms with Crippen molar-refractivity contribution in [3.05, 3.63) is 0 Å². The third kappa shape index (κ3) is 9.26. The number of nitrogens with one attached hydrogen (secondary N) is 1. The average Bonchev–Trinajstić information content (AvgIpc) is 2.23. The molecule has 1 atom stereocenters. The van der Waals surface area contributed by atoms with Crippen LogP contribution in [0.4, 0.5) is 0 Å². The minimum absolute atomic E-state index is 0.206. The van der Waals surface area contributed by atoms with Crippen LogP contribution in [0.1, 0.15) is 20.8 Å². The fourth-order valence-corrected chi connectivity index (χ4v) is 0.877. The molecular formula is C11H20N2O2. The molecule has 0 rings (SSSR count). The summed E-state index contributed by atoms with van der Waals surface area (Å²) in [5, 5.41) is 15.7. The van der Waals surface area contributed by atoms with Gasteiger partial charge in [-0.05, 0) is 25.7 Å². The van der Waals surface area contributed by atoms with E-state index in [1.54, 1.807) is 13.8 Å². The van der Waals surface area contributed by atoms with E-state index >= 15 is 0 Å². The Morgan fingerprint density at radius 1 is 1.60 bits per heavy atom. The Kier molecular flexibility index (Phi) is 8.84. The van der Waals surface area contributed by atoms with Gasteiger partial charge in [-0.3, -0.25) is 0 Å². The summed E-state index contributed by atoms with van der Waals surface area (Å²) in [6.07, 6.45) is 0. The lowest BCUT2D eigenvalue weighted by Gasteiger charge is -2.08. The lowest BCUT2D eigenvalue weighted by Crippen LogP contribution is -2.26. The average molecular weight is 212 g/mol. The van der Waals surface area contributed by atoms with Crippen LogP contribution in [0.25, 0.3) is 0 Å². The van der Waals surface area contributed by atoms with Gasteiger partial charge in [-0.25, -0.2) is 0 Å². The second kappa shape index (κ2) is 9.50. The van der Waals surface area contributed by atoms with E-state index in [1.807, 2.05) is 6.92 Å². The summed E-state index contributed by atoms with van der Waals surface area (Å²) >= 11 is 0. The third-order valence-electron chi connectivity index (χ3n) is 1.68. The highest BCUT2D eigenvalue weighted by Gasteiger charge is 1.97. The molecule has 86 valence electrons. The van der Waals surface area contributed by atoms with Crippen LogP contribution in [-0.2, 0) is 4.84 Å². The van der Waals surface area contributed by atoms with Crippen LogP contribution in [0.5, 0.6) is 0 Å². The maximum Gasteiger partial charge on any atom is 0.129 e. The normalized spacial score (nSPS) is 12.9. The number of oxime groups is 1. The van der Waals surface area contributed by atoms with E-state index in [9.17, 15) is 0 Å². The van der Waals surface area contributed by atoms with E-state index in [0.717, 1.165) is 13.1 Å². The summed E-state index contributed by atoms with van der Waals surface area (Å²) < 4.78 is 0. The van der Waals surface area contributed by atoms with Gasteiger partial charge in [0.1, 0.15) is 12.3 Å². The minimum Gasteiger partial charge on any atom is -0.396 e. The maximum atomic E-state index is 8.76. The molecule has 0 aromatic carbocycles. The van der Waals surface area contributed by atoms with Crippen molar-refractivity contribution in [3.63, 3.8) is 0 Å². The van der Waals surface area contributed by atoms with Gasteiger partial charge >= 0.3 is 0 Å². The highest BCUT2D eigenvalue weighted by Crippen LogP contribution is 1.88. The van der Waals surface area contributed by atoms with Gasteiger partial charge < -0.3 is 15.3 Å². The van der Waals surface area contributed by atoms with Crippen molar-refractivity contribution in [1.29, 1.82) is 0 Å². The Bertz CT molecular complexity index is 241. The zero-order chi connectivity index (χ0) is 11.5. The number of nitrogens with zero attached hydrogens (tertiary/aromatic N) is 1. The van der Waals surface area contributed by atoms with E-state index in [1.165, 1.54) is 0 Å². The van der Waals surface area contributed by atoms with E-state index in [2.05, 4.69) is 22.3 Å². The number of hydrogen-bond acceptors (Lipinski definition) is 4. The van der Waals surface area contributed by atoms with Gasteiger partial charge in [0.15, 0.2) is 0 Å². The predicted octanol–water partition coefficient (Wildman–Crippen LogP) is 0.620. The lowest BCUT2D eigenvalue weighted by atomic mass is 10.2. The number of rotatable bonds is 7. The zero-order valence-corrected chi connectivity index (χ0v) is 9.71. The van der Waals surface area contributed by atoms with Crippen LogP contribution in [0.2, 0.25) is 0 Å². The van der Waals surface area contributed by atoms with Crippen molar-refractivity contribution in [1.82, 2.24) is 5.32 Å². The second-order valence-electron chi connectivity index (χ2n) is 3.38. The van der Waals surface area contributed by atoms with Crippen molar-refractivity contribution in [2.45, 2.75) is 20.8 Å². The molecule has 0 fully saturated rings. The molecule has 0 saturated heterocycles. The summed E-state index contributed by atoms with van der Waals surface area (Å²) in [5.41, 5.74) is 0.682. The highest BCUT2D eigenvalue weighted by molar-refractivity contribution is 5.97. The monoisotopic (exact) mass is 212 g/mol. The first-order chi connectivity index (χ1) is 7.20. The molecule has 0 radical (unpaired) electrons. The molecule has 15 heavy (non-hydrogen) atoms. The van der Waals surface area contributed by atoms with Gasteiger partial charge in [0.25, 0.3) is 0 Å². The van der Waals surface area contributed by atoms with Crippen molar-refractivity contribution in [2.75, 3.05) is 26.3 Å². The van der Waals surface area contributed by atoms with Gasteiger partial charge in [-0.1, -0.05) is 18.0 Å². The summed E-state index contributed by atoms with van der Waals surface area (Å²) in [5.74, 6) is 5.80. The smallest absolute Gasteiger partial charge is 0.129 e. The number of aliphatic hydroxyl groups excluding tert-OH is 1. The molecule has 0 saturated carbocycles. The van der Waals surface area contributed by atoms with E-state index in [0.29, 0.717) is 12.3 Å². The molecule has 0 aliphatic rings. The SMILES string of the molecule is CC#C/C(C)=N\OCCNC[C@H](C)CO. The predicted molar refractivity (Wildman–Crippen MR) is 61.6 cm³/mol. The van der Waals surface area contributed by atoms with Gasteiger partial charge in [-0.15, -0.1) is 0 Å². The highest BCUT2D eigenvalue weighted by atomic mass is 16.6. The minimum atomic E-state index is 0.206. The zero-order valence-electron chi connectivity index (χ0n) is 9.71. The molecule has 0 amide bonds. The molecule has 2 N–H and O–H groups in total. The van der Waals surface area contributed by atoms with Gasteiger partial charge in [-0.2, -0.15) is 0 Å². The second-order valence-corrected chi connectivity index (χ2v) is 3.38. The Morgan fingerprint density at radius 3 is 2.93 bits per heavy atom. The largest absolute Gasteiger partial charge is 0.396 e. The summed E-state index contributed by atoms with van der Waals surface area (Å²) in [6, 6.07) is 0. The summed E-state index contributed by atoms with van der Waals surface area (Å²) in [4.78, 5) is 5.02. The lowest BCUT2D eigenvalue weighted by molar-refractivity contribution is 0.144. The maximum absolute atomic E-state index is 8.76. The molecular weight excluding hydrogens is 192 g/mol. The molecule has 0 aliphatic heterocycles. The Morgan fingerprint density at radius 2 is 2.33 bits per heavy atom. The molecule has 0 spiro atoms. The summed E-state index contributed by atoms with van der Waals surface area (Å²) in [7, 11) is 0. The Balaban J connectivity index is 3.38.